The third-order valence-corrected chi connectivity index (χ3v) is 4.74. The molecule has 0 saturated heterocycles. The van der Waals surface area contributed by atoms with Crippen LogP contribution in [0.2, 0.25) is 10.0 Å². The molecule has 1 aliphatic rings. The number of ether oxygens (including phenoxy) is 1. The van der Waals surface area contributed by atoms with Gasteiger partial charge >= 0.3 is 0 Å². The van der Waals surface area contributed by atoms with E-state index in [0.717, 1.165) is 18.7 Å². The highest BCUT2D eigenvalue weighted by Gasteiger charge is 2.16. The van der Waals surface area contributed by atoms with E-state index >= 15 is 0 Å². The number of carbonyl (C=O) groups excluding carboxylic acids is 1. The lowest BCUT2D eigenvalue weighted by molar-refractivity contribution is -0.118. The second-order valence-electron chi connectivity index (χ2n) is 6.26. The van der Waals surface area contributed by atoms with Crippen molar-refractivity contribution in [1.82, 2.24) is 9.55 Å². The van der Waals surface area contributed by atoms with Gasteiger partial charge in [-0.3, -0.25) is 14.2 Å². The zero-order valence-electron chi connectivity index (χ0n) is 14.2. The number of hydrogen-bond acceptors (Lipinski definition) is 4. The number of aromatic nitrogens is 2. The van der Waals surface area contributed by atoms with Crippen LogP contribution in [0.1, 0.15) is 12.2 Å². The summed E-state index contributed by atoms with van der Waals surface area (Å²) in [5, 5.41) is 4.00. The zero-order valence-corrected chi connectivity index (χ0v) is 15.7. The quantitative estimate of drug-likeness (QED) is 0.720. The molecule has 2 aromatic carbocycles. The van der Waals surface area contributed by atoms with Crippen molar-refractivity contribution in [2.45, 2.75) is 19.4 Å². The Morgan fingerprint density at radius 3 is 2.74 bits per heavy atom. The number of amides is 1. The van der Waals surface area contributed by atoms with Gasteiger partial charge in [0.05, 0.1) is 10.9 Å². The van der Waals surface area contributed by atoms with Crippen LogP contribution in [0, 0.1) is 0 Å². The Balaban J connectivity index is 1.49. The van der Waals surface area contributed by atoms with E-state index in [1.54, 1.807) is 41.0 Å². The highest BCUT2D eigenvalue weighted by atomic mass is 35.5. The van der Waals surface area contributed by atoms with Gasteiger partial charge in [-0.25, -0.2) is 4.98 Å². The van der Waals surface area contributed by atoms with Crippen molar-refractivity contribution in [1.29, 1.82) is 0 Å². The van der Waals surface area contributed by atoms with Crippen LogP contribution in [0.15, 0.2) is 41.2 Å². The maximum atomic E-state index is 12.6. The predicted molar refractivity (Wildman–Crippen MR) is 105 cm³/mol. The number of anilines is 1. The van der Waals surface area contributed by atoms with E-state index < -0.39 is 0 Å². The molecule has 1 amide bonds. The van der Waals surface area contributed by atoms with Gasteiger partial charge in [-0.1, -0.05) is 23.2 Å². The number of nitrogens with one attached hydrogen (secondary N) is 1. The highest BCUT2D eigenvalue weighted by Crippen LogP contribution is 2.23. The molecule has 0 radical (unpaired) electrons. The molecule has 0 saturated carbocycles. The van der Waals surface area contributed by atoms with Gasteiger partial charge in [0.1, 0.15) is 11.6 Å². The van der Waals surface area contributed by atoms with E-state index in [2.05, 4.69) is 10.3 Å². The SMILES string of the molecule is O=C(COc1ccc2nc3n(c(=O)c2c1)CCC3)Nc1cc(Cl)cc(Cl)c1. The van der Waals surface area contributed by atoms with Gasteiger partial charge in [-0.2, -0.15) is 0 Å². The summed E-state index contributed by atoms with van der Waals surface area (Å²) in [5.74, 6) is 0.886. The Morgan fingerprint density at radius 1 is 1.19 bits per heavy atom. The van der Waals surface area contributed by atoms with Crippen LogP contribution in [-0.4, -0.2) is 22.1 Å². The summed E-state index contributed by atoms with van der Waals surface area (Å²) < 4.78 is 7.23. The molecule has 0 atom stereocenters. The molecule has 2 heterocycles. The van der Waals surface area contributed by atoms with Crippen molar-refractivity contribution < 1.29 is 9.53 Å². The van der Waals surface area contributed by atoms with Gasteiger partial charge in [-0.15, -0.1) is 0 Å². The number of nitrogens with zero attached hydrogens (tertiary/aromatic N) is 2. The number of carbonyl (C=O) groups is 1. The molecule has 6 nitrogen and oxygen atoms in total. The summed E-state index contributed by atoms with van der Waals surface area (Å²) in [6, 6.07) is 9.82. The minimum Gasteiger partial charge on any atom is -0.484 e. The lowest BCUT2D eigenvalue weighted by Crippen LogP contribution is -2.22. The first-order valence-electron chi connectivity index (χ1n) is 8.42. The van der Waals surface area contributed by atoms with Gasteiger partial charge in [0.2, 0.25) is 0 Å². The van der Waals surface area contributed by atoms with Crippen LogP contribution >= 0.6 is 23.2 Å². The van der Waals surface area contributed by atoms with Gasteiger partial charge in [0, 0.05) is 28.7 Å². The van der Waals surface area contributed by atoms with Crippen LogP contribution in [0.3, 0.4) is 0 Å². The standard InChI is InChI=1S/C19H15Cl2N3O3/c20-11-6-12(21)8-13(7-11)22-18(25)10-27-14-3-4-16-15(9-14)19(26)24-5-1-2-17(24)23-16/h3-4,6-9H,1-2,5,10H2,(H,22,25). The first-order chi connectivity index (χ1) is 13.0. The average molecular weight is 404 g/mol. The second-order valence-corrected chi connectivity index (χ2v) is 7.14. The average Bonchev–Trinajstić information content (AvgIpc) is 3.08. The van der Waals surface area contributed by atoms with E-state index in [1.165, 1.54) is 0 Å². The molecule has 0 bridgehead atoms. The summed E-state index contributed by atoms with van der Waals surface area (Å²) in [6.07, 6.45) is 1.74. The van der Waals surface area contributed by atoms with Crippen molar-refractivity contribution in [3.8, 4) is 5.75 Å². The third-order valence-electron chi connectivity index (χ3n) is 4.30. The molecule has 0 fully saturated rings. The largest absolute Gasteiger partial charge is 0.484 e. The van der Waals surface area contributed by atoms with Gasteiger partial charge in [0.25, 0.3) is 11.5 Å². The number of hydrogen-bond donors (Lipinski definition) is 1. The van der Waals surface area contributed by atoms with Crippen molar-refractivity contribution in [3.05, 3.63) is 62.6 Å². The molecule has 1 aliphatic heterocycles. The number of halogens is 2. The molecule has 0 unspecified atom stereocenters. The minimum atomic E-state index is -0.364. The van der Waals surface area contributed by atoms with E-state index in [1.807, 2.05) is 0 Å². The molecule has 3 aromatic rings. The zero-order chi connectivity index (χ0) is 19.0. The monoisotopic (exact) mass is 403 g/mol. The fourth-order valence-electron chi connectivity index (χ4n) is 3.12. The smallest absolute Gasteiger partial charge is 0.262 e. The molecule has 0 spiro atoms. The Kier molecular flexibility index (Phi) is 4.76. The molecule has 138 valence electrons. The topological polar surface area (TPSA) is 73.2 Å². The van der Waals surface area contributed by atoms with Gasteiger partial charge in [0.15, 0.2) is 6.61 Å². The van der Waals surface area contributed by atoms with Crippen molar-refractivity contribution in [2.24, 2.45) is 0 Å². The third kappa shape index (κ3) is 3.77. The summed E-state index contributed by atoms with van der Waals surface area (Å²) in [4.78, 5) is 29.2. The normalized spacial score (nSPS) is 12.8. The van der Waals surface area contributed by atoms with Gasteiger partial charge in [-0.05, 0) is 42.8 Å². The fourth-order valence-corrected chi connectivity index (χ4v) is 3.65. The van der Waals surface area contributed by atoms with E-state index in [9.17, 15) is 9.59 Å². The number of fused-ring (bicyclic) bond motifs is 2. The van der Waals surface area contributed by atoms with Crippen molar-refractivity contribution in [2.75, 3.05) is 11.9 Å². The van der Waals surface area contributed by atoms with E-state index in [-0.39, 0.29) is 18.1 Å². The first-order valence-corrected chi connectivity index (χ1v) is 9.17. The molecular weight excluding hydrogens is 389 g/mol. The molecule has 1 aromatic heterocycles. The Labute approximate surface area is 164 Å². The molecule has 8 heteroatoms. The summed E-state index contributed by atoms with van der Waals surface area (Å²) in [7, 11) is 0. The summed E-state index contributed by atoms with van der Waals surface area (Å²) in [5.41, 5.74) is 1.05. The van der Waals surface area contributed by atoms with E-state index in [4.69, 9.17) is 27.9 Å². The maximum Gasteiger partial charge on any atom is 0.262 e. The number of aryl methyl sites for hydroxylation is 1. The van der Waals surface area contributed by atoms with Crippen LogP contribution < -0.4 is 15.6 Å². The summed E-state index contributed by atoms with van der Waals surface area (Å²) >= 11 is 11.8. The number of benzene rings is 2. The van der Waals surface area contributed by atoms with Crippen LogP contribution in [0.5, 0.6) is 5.75 Å². The Morgan fingerprint density at radius 2 is 1.96 bits per heavy atom. The van der Waals surface area contributed by atoms with Crippen LogP contribution in [0.4, 0.5) is 5.69 Å². The summed E-state index contributed by atoms with van der Waals surface area (Å²) in [6.45, 7) is 0.474. The highest BCUT2D eigenvalue weighted by molar-refractivity contribution is 6.35. The predicted octanol–water partition coefficient (Wildman–Crippen LogP) is 3.67. The lowest BCUT2D eigenvalue weighted by Gasteiger charge is -2.10. The fraction of sp³-hybridized carbons (Fsp3) is 0.211. The van der Waals surface area contributed by atoms with Gasteiger partial charge < -0.3 is 10.1 Å². The lowest BCUT2D eigenvalue weighted by atomic mass is 10.2. The Bertz CT molecular complexity index is 1090. The van der Waals surface area contributed by atoms with Crippen molar-refractivity contribution in [3.63, 3.8) is 0 Å². The molecular formula is C19H15Cl2N3O3. The van der Waals surface area contributed by atoms with Crippen molar-refractivity contribution >= 4 is 45.7 Å². The van der Waals surface area contributed by atoms with E-state index in [0.29, 0.717) is 38.9 Å². The maximum absolute atomic E-state index is 12.6. The van der Waals surface area contributed by atoms with Crippen LogP contribution in [-0.2, 0) is 17.8 Å². The second kappa shape index (κ2) is 7.21. The molecule has 1 N–H and O–H groups in total. The molecule has 0 aliphatic carbocycles. The Hall–Kier alpha value is -2.57. The first kappa shape index (κ1) is 17.8. The molecule has 4 rings (SSSR count). The van der Waals surface area contributed by atoms with Crippen LogP contribution in [0.25, 0.3) is 10.9 Å². The minimum absolute atomic E-state index is 0.0732. The number of rotatable bonds is 4. The molecule has 27 heavy (non-hydrogen) atoms.